The number of ether oxygens (including phenoxy) is 1. The molecule has 0 bridgehead atoms. The van der Waals surface area contributed by atoms with Crippen LogP contribution in [0.2, 0.25) is 0 Å². The fourth-order valence-electron chi connectivity index (χ4n) is 2.23. The lowest BCUT2D eigenvalue weighted by Crippen LogP contribution is -2.51. The molecule has 0 aliphatic carbocycles. The van der Waals surface area contributed by atoms with Crippen LogP contribution in [0.1, 0.15) is 10.4 Å². The first kappa shape index (κ1) is 17.3. The van der Waals surface area contributed by atoms with E-state index in [0.717, 1.165) is 0 Å². The molecular weight excluding hydrogens is 294 g/mol. The summed E-state index contributed by atoms with van der Waals surface area (Å²) in [7, 11) is 1.57. The molecule has 0 radical (unpaired) electrons. The van der Waals surface area contributed by atoms with Crippen molar-refractivity contribution in [1.82, 2.24) is 9.80 Å². The molecule has 6 nitrogen and oxygen atoms in total. The van der Waals surface area contributed by atoms with Gasteiger partial charge in [-0.3, -0.25) is 9.59 Å². The minimum absolute atomic E-state index is 0. The topological polar surface area (TPSA) is 75.9 Å². The minimum atomic E-state index is -0.0709. The number of nitrogens with two attached hydrogens (primary N) is 1. The number of piperazine rings is 1. The van der Waals surface area contributed by atoms with E-state index >= 15 is 0 Å². The normalized spacial score (nSPS) is 14.4. The number of halogens is 1. The molecule has 1 fully saturated rings. The summed E-state index contributed by atoms with van der Waals surface area (Å²) >= 11 is 0. The summed E-state index contributed by atoms with van der Waals surface area (Å²) in [4.78, 5) is 27.3. The van der Waals surface area contributed by atoms with Gasteiger partial charge in [-0.1, -0.05) is 6.07 Å². The van der Waals surface area contributed by atoms with Crippen molar-refractivity contribution in [3.8, 4) is 5.75 Å². The molecule has 0 atom stereocenters. The molecule has 2 amide bonds. The number of carbonyl (C=O) groups is 2. The number of hydrogen-bond acceptors (Lipinski definition) is 4. The highest BCUT2D eigenvalue weighted by Gasteiger charge is 2.24. The molecular formula is C14H20ClN3O3. The first-order chi connectivity index (χ1) is 9.65. The van der Waals surface area contributed by atoms with E-state index in [2.05, 4.69) is 0 Å². The molecule has 1 aliphatic heterocycles. The van der Waals surface area contributed by atoms with E-state index in [0.29, 0.717) is 37.5 Å². The van der Waals surface area contributed by atoms with Crippen LogP contribution in [0.15, 0.2) is 24.3 Å². The lowest BCUT2D eigenvalue weighted by Gasteiger charge is -2.34. The van der Waals surface area contributed by atoms with Crippen molar-refractivity contribution >= 4 is 24.2 Å². The molecule has 7 heteroatoms. The molecule has 1 aromatic rings. The average molecular weight is 314 g/mol. The average Bonchev–Trinajstić information content (AvgIpc) is 2.53. The van der Waals surface area contributed by atoms with E-state index < -0.39 is 0 Å². The summed E-state index contributed by atoms with van der Waals surface area (Å²) in [5, 5.41) is 0. The van der Waals surface area contributed by atoms with E-state index in [1.807, 2.05) is 0 Å². The number of hydrogen-bond donors (Lipinski definition) is 1. The Kier molecular flexibility index (Phi) is 6.45. The molecule has 0 spiro atoms. The lowest BCUT2D eigenvalue weighted by atomic mass is 10.1. The van der Waals surface area contributed by atoms with Crippen molar-refractivity contribution in [3.63, 3.8) is 0 Å². The van der Waals surface area contributed by atoms with E-state index in [-0.39, 0.29) is 30.8 Å². The highest BCUT2D eigenvalue weighted by Crippen LogP contribution is 2.15. The predicted molar refractivity (Wildman–Crippen MR) is 81.8 cm³/mol. The first-order valence-electron chi connectivity index (χ1n) is 6.57. The summed E-state index contributed by atoms with van der Waals surface area (Å²) in [5.41, 5.74) is 5.93. The fourth-order valence-corrected chi connectivity index (χ4v) is 2.23. The van der Waals surface area contributed by atoms with Crippen LogP contribution in [-0.2, 0) is 4.79 Å². The van der Waals surface area contributed by atoms with Gasteiger partial charge >= 0.3 is 0 Å². The maximum Gasteiger partial charge on any atom is 0.254 e. The van der Waals surface area contributed by atoms with Gasteiger partial charge in [0.1, 0.15) is 5.75 Å². The second kappa shape index (κ2) is 7.85. The Morgan fingerprint density at radius 3 is 2.38 bits per heavy atom. The van der Waals surface area contributed by atoms with Crippen LogP contribution >= 0.6 is 12.4 Å². The molecule has 1 heterocycles. The number of benzene rings is 1. The Balaban J connectivity index is 0.00000220. The Bertz CT molecular complexity index is 502. The molecule has 0 saturated carbocycles. The SMILES string of the molecule is COc1cccc(C(=O)N2CCN(C(=O)CN)CC2)c1.Cl. The maximum atomic E-state index is 12.4. The third kappa shape index (κ3) is 4.09. The van der Waals surface area contributed by atoms with E-state index in [1.165, 1.54) is 0 Å². The number of methoxy groups -OCH3 is 1. The van der Waals surface area contributed by atoms with Crippen molar-refractivity contribution in [3.05, 3.63) is 29.8 Å². The number of nitrogens with zero attached hydrogens (tertiary/aromatic N) is 2. The molecule has 2 rings (SSSR count). The molecule has 0 unspecified atom stereocenters. The first-order valence-corrected chi connectivity index (χ1v) is 6.57. The van der Waals surface area contributed by atoms with Crippen LogP contribution in [0.3, 0.4) is 0 Å². The van der Waals surface area contributed by atoms with Gasteiger partial charge in [0.2, 0.25) is 5.91 Å². The van der Waals surface area contributed by atoms with Crippen molar-refractivity contribution in [2.24, 2.45) is 5.73 Å². The molecule has 2 N–H and O–H groups in total. The van der Waals surface area contributed by atoms with Gasteiger partial charge in [-0.15, -0.1) is 12.4 Å². The summed E-state index contributed by atoms with van der Waals surface area (Å²) in [6.45, 7) is 2.14. The third-order valence-electron chi connectivity index (χ3n) is 3.41. The molecule has 1 saturated heterocycles. The molecule has 116 valence electrons. The van der Waals surface area contributed by atoms with Crippen molar-refractivity contribution in [1.29, 1.82) is 0 Å². The summed E-state index contributed by atoms with van der Waals surface area (Å²) in [6.07, 6.45) is 0. The number of amides is 2. The van der Waals surface area contributed by atoms with Crippen LogP contribution < -0.4 is 10.5 Å². The molecule has 1 aliphatic rings. The van der Waals surface area contributed by atoms with Crippen LogP contribution in [0, 0.1) is 0 Å². The zero-order valence-electron chi connectivity index (χ0n) is 11.9. The van der Waals surface area contributed by atoms with Gasteiger partial charge in [-0.25, -0.2) is 0 Å². The lowest BCUT2D eigenvalue weighted by molar-refractivity contribution is -0.131. The Morgan fingerprint density at radius 1 is 1.19 bits per heavy atom. The Labute approximate surface area is 130 Å². The number of rotatable bonds is 3. The fraction of sp³-hybridized carbons (Fsp3) is 0.429. The highest BCUT2D eigenvalue weighted by atomic mass is 35.5. The zero-order chi connectivity index (χ0) is 14.5. The van der Waals surface area contributed by atoms with Gasteiger partial charge in [0, 0.05) is 31.7 Å². The van der Waals surface area contributed by atoms with Gasteiger partial charge in [-0.2, -0.15) is 0 Å². The molecule has 0 aromatic heterocycles. The second-order valence-corrected chi connectivity index (χ2v) is 4.61. The van der Waals surface area contributed by atoms with E-state index in [9.17, 15) is 9.59 Å². The summed E-state index contributed by atoms with van der Waals surface area (Å²) < 4.78 is 5.12. The van der Waals surface area contributed by atoms with Gasteiger partial charge in [0.25, 0.3) is 5.91 Å². The van der Waals surface area contributed by atoms with Crippen molar-refractivity contribution < 1.29 is 14.3 Å². The minimum Gasteiger partial charge on any atom is -0.497 e. The maximum absolute atomic E-state index is 12.4. The highest BCUT2D eigenvalue weighted by molar-refractivity contribution is 5.94. The smallest absolute Gasteiger partial charge is 0.254 e. The van der Waals surface area contributed by atoms with E-state index in [4.69, 9.17) is 10.5 Å². The van der Waals surface area contributed by atoms with Crippen molar-refractivity contribution in [2.45, 2.75) is 0 Å². The van der Waals surface area contributed by atoms with Gasteiger partial charge < -0.3 is 20.3 Å². The second-order valence-electron chi connectivity index (χ2n) is 4.61. The standard InChI is InChI=1S/C14H19N3O3.ClH/c1-20-12-4-2-3-11(9-12)14(19)17-7-5-16(6-8-17)13(18)10-15;/h2-4,9H,5-8,10,15H2,1H3;1H. The zero-order valence-corrected chi connectivity index (χ0v) is 12.8. The largest absolute Gasteiger partial charge is 0.497 e. The van der Waals surface area contributed by atoms with Crippen LogP contribution in [0.5, 0.6) is 5.75 Å². The summed E-state index contributed by atoms with van der Waals surface area (Å²) in [5.74, 6) is 0.551. The van der Waals surface area contributed by atoms with Crippen LogP contribution in [0.4, 0.5) is 0 Å². The molecule has 1 aromatic carbocycles. The third-order valence-corrected chi connectivity index (χ3v) is 3.41. The van der Waals surface area contributed by atoms with Gasteiger partial charge in [0.05, 0.1) is 13.7 Å². The summed E-state index contributed by atoms with van der Waals surface area (Å²) in [6, 6.07) is 7.08. The number of carbonyl (C=O) groups excluding carboxylic acids is 2. The monoisotopic (exact) mass is 313 g/mol. The van der Waals surface area contributed by atoms with Crippen LogP contribution in [-0.4, -0.2) is 61.4 Å². The van der Waals surface area contributed by atoms with Gasteiger partial charge in [-0.05, 0) is 18.2 Å². The molecule has 21 heavy (non-hydrogen) atoms. The predicted octanol–water partition coefficient (Wildman–Crippen LogP) is 0.360. The van der Waals surface area contributed by atoms with E-state index in [1.54, 1.807) is 41.2 Å². The van der Waals surface area contributed by atoms with Crippen molar-refractivity contribution in [2.75, 3.05) is 39.8 Å². The quantitative estimate of drug-likeness (QED) is 0.874. The van der Waals surface area contributed by atoms with Gasteiger partial charge in [0.15, 0.2) is 0 Å². The Hall–Kier alpha value is -1.79. The van der Waals surface area contributed by atoms with Crippen LogP contribution in [0.25, 0.3) is 0 Å². The Morgan fingerprint density at radius 2 is 1.81 bits per heavy atom.